The number of aryl methyl sites for hydroxylation is 2. The summed E-state index contributed by atoms with van der Waals surface area (Å²) in [6.45, 7) is 5.72. The molecular weight excluding hydrogens is 301 g/mol. The minimum atomic E-state index is -0.164. The van der Waals surface area contributed by atoms with E-state index in [0.29, 0.717) is 11.5 Å². The highest BCUT2D eigenvalue weighted by Gasteiger charge is 2.23. The molecule has 124 valence electrons. The third kappa shape index (κ3) is 3.56. The van der Waals surface area contributed by atoms with Gasteiger partial charge in [0.2, 0.25) is 0 Å². The first-order chi connectivity index (χ1) is 11.6. The van der Waals surface area contributed by atoms with Crippen molar-refractivity contribution >= 4 is 5.82 Å². The average Bonchev–Trinajstić information content (AvgIpc) is 2.55. The van der Waals surface area contributed by atoms with Crippen molar-refractivity contribution in [2.45, 2.75) is 33.1 Å². The molecule has 1 aromatic heterocycles. The zero-order valence-corrected chi connectivity index (χ0v) is 14.2. The fourth-order valence-electron chi connectivity index (χ4n) is 3.53. The van der Waals surface area contributed by atoms with E-state index in [0.717, 1.165) is 55.0 Å². The Bertz CT molecular complexity index is 771. The lowest BCUT2D eigenvalue weighted by Crippen LogP contribution is -2.35. The molecule has 0 spiro atoms. The third-order valence-electron chi connectivity index (χ3n) is 4.76. The summed E-state index contributed by atoms with van der Waals surface area (Å²) in [4.78, 5) is 6.83. The van der Waals surface area contributed by atoms with E-state index in [9.17, 15) is 9.65 Å². The summed E-state index contributed by atoms with van der Waals surface area (Å²) in [5.74, 6) is 1.21. The summed E-state index contributed by atoms with van der Waals surface area (Å²) in [6, 6.07) is 11.1. The van der Waals surface area contributed by atoms with Crippen molar-refractivity contribution < 1.29 is 4.39 Å². The number of nitrogens with zero attached hydrogens (tertiary/aromatic N) is 3. The Balaban J connectivity index is 1.69. The van der Waals surface area contributed by atoms with Gasteiger partial charge in [-0.05, 0) is 68.4 Å². The monoisotopic (exact) mass is 323 g/mol. The molecule has 0 atom stereocenters. The molecule has 1 aromatic carbocycles. The Hall–Kier alpha value is -2.41. The number of anilines is 1. The van der Waals surface area contributed by atoms with Crippen LogP contribution >= 0.6 is 0 Å². The molecule has 2 heterocycles. The van der Waals surface area contributed by atoms with E-state index in [1.807, 2.05) is 26.0 Å². The van der Waals surface area contributed by atoms with Crippen LogP contribution in [-0.2, 0) is 6.42 Å². The van der Waals surface area contributed by atoms with Gasteiger partial charge in [0.05, 0.1) is 5.56 Å². The van der Waals surface area contributed by atoms with E-state index >= 15 is 0 Å². The van der Waals surface area contributed by atoms with Crippen LogP contribution in [0, 0.1) is 36.9 Å². The number of rotatable bonds is 3. The second-order valence-corrected chi connectivity index (χ2v) is 6.66. The largest absolute Gasteiger partial charge is 0.355 e. The van der Waals surface area contributed by atoms with Gasteiger partial charge >= 0.3 is 0 Å². The third-order valence-corrected chi connectivity index (χ3v) is 4.76. The fraction of sp³-hybridized carbons (Fsp3) is 0.400. The van der Waals surface area contributed by atoms with Gasteiger partial charge in [0.15, 0.2) is 0 Å². The second kappa shape index (κ2) is 7.00. The van der Waals surface area contributed by atoms with E-state index in [2.05, 4.69) is 16.0 Å². The highest BCUT2D eigenvalue weighted by Crippen LogP contribution is 2.28. The molecule has 0 bridgehead atoms. The predicted octanol–water partition coefficient (Wildman–Crippen LogP) is 4.17. The lowest BCUT2D eigenvalue weighted by Gasteiger charge is -2.33. The van der Waals surface area contributed by atoms with E-state index in [-0.39, 0.29) is 5.82 Å². The minimum Gasteiger partial charge on any atom is -0.355 e. The first-order valence-electron chi connectivity index (χ1n) is 8.44. The van der Waals surface area contributed by atoms with Gasteiger partial charge in [-0.15, -0.1) is 0 Å². The Morgan fingerprint density at radius 2 is 2.00 bits per heavy atom. The summed E-state index contributed by atoms with van der Waals surface area (Å²) in [6.07, 6.45) is 2.99. The number of piperidine rings is 1. The molecule has 1 saturated heterocycles. The van der Waals surface area contributed by atoms with Gasteiger partial charge in [-0.1, -0.05) is 12.1 Å². The summed E-state index contributed by atoms with van der Waals surface area (Å²) in [7, 11) is 0. The minimum absolute atomic E-state index is 0.164. The molecule has 1 fully saturated rings. The van der Waals surface area contributed by atoms with Crippen molar-refractivity contribution in [3.05, 3.63) is 58.5 Å². The predicted molar refractivity (Wildman–Crippen MR) is 93.5 cm³/mol. The quantitative estimate of drug-likeness (QED) is 0.851. The summed E-state index contributed by atoms with van der Waals surface area (Å²) in [5.41, 5.74) is 3.69. The van der Waals surface area contributed by atoms with Crippen molar-refractivity contribution in [1.29, 1.82) is 5.26 Å². The lowest BCUT2D eigenvalue weighted by atomic mass is 9.90. The Morgan fingerprint density at radius 1 is 1.25 bits per heavy atom. The molecule has 24 heavy (non-hydrogen) atoms. The van der Waals surface area contributed by atoms with Gasteiger partial charge in [0.1, 0.15) is 17.7 Å². The molecular formula is C20H22FN3. The van der Waals surface area contributed by atoms with Gasteiger partial charge in [0, 0.05) is 18.8 Å². The molecule has 0 unspecified atom stereocenters. The SMILES string of the molecule is Cc1cc(C)c(C#N)c(N2CCC(Cc3cccc(F)c3)CC2)n1. The van der Waals surface area contributed by atoms with Crippen molar-refractivity contribution in [3.63, 3.8) is 0 Å². The fourth-order valence-corrected chi connectivity index (χ4v) is 3.53. The number of benzene rings is 1. The standard InChI is InChI=1S/C20H22FN3/c1-14-10-15(2)23-20(19(14)13-22)24-8-6-16(7-9-24)11-17-4-3-5-18(21)12-17/h3-5,10,12,16H,6-9,11H2,1-2H3. The van der Waals surface area contributed by atoms with Crippen molar-refractivity contribution in [2.24, 2.45) is 5.92 Å². The summed E-state index contributed by atoms with van der Waals surface area (Å²) < 4.78 is 13.3. The smallest absolute Gasteiger partial charge is 0.147 e. The molecule has 0 saturated carbocycles. The highest BCUT2D eigenvalue weighted by atomic mass is 19.1. The van der Waals surface area contributed by atoms with Gasteiger partial charge in [-0.3, -0.25) is 0 Å². The maximum atomic E-state index is 13.3. The molecule has 1 aliphatic rings. The topological polar surface area (TPSA) is 39.9 Å². The van der Waals surface area contributed by atoms with E-state index < -0.39 is 0 Å². The van der Waals surface area contributed by atoms with Gasteiger partial charge in [-0.2, -0.15) is 5.26 Å². The number of aromatic nitrogens is 1. The molecule has 4 heteroatoms. The number of nitriles is 1. The normalized spacial score (nSPS) is 15.3. The van der Waals surface area contributed by atoms with Gasteiger partial charge in [-0.25, -0.2) is 9.37 Å². The van der Waals surface area contributed by atoms with Crippen LogP contribution in [0.2, 0.25) is 0 Å². The molecule has 0 N–H and O–H groups in total. The van der Waals surface area contributed by atoms with Gasteiger partial charge in [0.25, 0.3) is 0 Å². The Labute approximate surface area is 142 Å². The number of halogens is 1. The first-order valence-corrected chi connectivity index (χ1v) is 8.44. The second-order valence-electron chi connectivity index (χ2n) is 6.66. The maximum absolute atomic E-state index is 13.3. The zero-order valence-electron chi connectivity index (χ0n) is 14.2. The number of pyridine rings is 1. The van der Waals surface area contributed by atoms with E-state index in [1.165, 1.54) is 6.07 Å². The van der Waals surface area contributed by atoms with Crippen LogP contribution < -0.4 is 4.90 Å². The summed E-state index contributed by atoms with van der Waals surface area (Å²) in [5, 5.41) is 9.44. The van der Waals surface area contributed by atoms with Crippen LogP contribution in [0.5, 0.6) is 0 Å². The average molecular weight is 323 g/mol. The highest BCUT2D eigenvalue weighted by molar-refractivity contribution is 5.58. The van der Waals surface area contributed by atoms with E-state index in [1.54, 1.807) is 12.1 Å². The van der Waals surface area contributed by atoms with Gasteiger partial charge < -0.3 is 4.90 Å². The van der Waals surface area contributed by atoms with Crippen LogP contribution in [0.15, 0.2) is 30.3 Å². The zero-order chi connectivity index (χ0) is 17.1. The van der Waals surface area contributed by atoms with Crippen LogP contribution in [0.25, 0.3) is 0 Å². The molecule has 0 radical (unpaired) electrons. The van der Waals surface area contributed by atoms with Crippen LogP contribution in [0.4, 0.5) is 10.2 Å². The maximum Gasteiger partial charge on any atom is 0.147 e. The van der Waals surface area contributed by atoms with Crippen molar-refractivity contribution in [2.75, 3.05) is 18.0 Å². The molecule has 1 aliphatic heterocycles. The van der Waals surface area contributed by atoms with Crippen LogP contribution in [-0.4, -0.2) is 18.1 Å². The van der Waals surface area contributed by atoms with Crippen molar-refractivity contribution in [3.8, 4) is 6.07 Å². The molecule has 2 aromatic rings. The Morgan fingerprint density at radius 3 is 2.67 bits per heavy atom. The lowest BCUT2D eigenvalue weighted by molar-refractivity contribution is 0.401. The molecule has 0 amide bonds. The van der Waals surface area contributed by atoms with Crippen molar-refractivity contribution in [1.82, 2.24) is 4.98 Å². The number of hydrogen-bond donors (Lipinski definition) is 0. The Kier molecular flexibility index (Phi) is 4.80. The number of hydrogen-bond acceptors (Lipinski definition) is 3. The van der Waals surface area contributed by atoms with Crippen LogP contribution in [0.3, 0.4) is 0 Å². The molecule has 3 rings (SSSR count). The van der Waals surface area contributed by atoms with E-state index in [4.69, 9.17) is 0 Å². The first kappa shape index (κ1) is 16.4. The van der Waals surface area contributed by atoms with Crippen LogP contribution in [0.1, 0.15) is 35.2 Å². The summed E-state index contributed by atoms with van der Waals surface area (Å²) >= 11 is 0. The molecule has 3 nitrogen and oxygen atoms in total. The molecule has 0 aliphatic carbocycles.